The summed E-state index contributed by atoms with van der Waals surface area (Å²) in [6, 6.07) is 0.478. The van der Waals surface area contributed by atoms with Crippen molar-refractivity contribution in [1.82, 2.24) is 5.32 Å². The van der Waals surface area contributed by atoms with Gasteiger partial charge in [0.2, 0.25) is 0 Å². The molecule has 0 amide bonds. The minimum atomic E-state index is 0.478. The highest BCUT2D eigenvalue weighted by Gasteiger charge is 2.18. The van der Waals surface area contributed by atoms with Gasteiger partial charge in [-0.3, -0.25) is 0 Å². The Hall–Kier alpha value is -0.340. The second-order valence-corrected chi connectivity index (χ2v) is 3.76. The van der Waals surface area contributed by atoms with Crippen LogP contribution >= 0.6 is 0 Å². The topological polar surface area (TPSA) is 21.3 Å². The molecule has 2 heteroatoms. The first-order valence-electron chi connectivity index (χ1n) is 5.30. The Balaban J connectivity index is 2.17. The van der Waals surface area contributed by atoms with E-state index in [2.05, 4.69) is 18.8 Å². The third kappa shape index (κ3) is 3.92. The van der Waals surface area contributed by atoms with Gasteiger partial charge in [-0.15, -0.1) is 6.58 Å². The van der Waals surface area contributed by atoms with Gasteiger partial charge in [0.15, 0.2) is 0 Å². The van der Waals surface area contributed by atoms with Crippen molar-refractivity contribution >= 4 is 0 Å². The third-order valence-electron chi connectivity index (χ3n) is 2.55. The molecule has 0 bridgehead atoms. The molecule has 2 nitrogen and oxygen atoms in total. The molecule has 0 aliphatic carbocycles. The van der Waals surface area contributed by atoms with Crippen LogP contribution in [0.5, 0.6) is 0 Å². The van der Waals surface area contributed by atoms with Crippen LogP contribution in [0, 0.1) is 5.92 Å². The molecule has 2 unspecified atom stereocenters. The van der Waals surface area contributed by atoms with E-state index in [0.29, 0.717) is 6.04 Å². The fourth-order valence-electron chi connectivity index (χ4n) is 1.72. The van der Waals surface area contributed by atoms with E-state index in [4.69, 9.17) is 4.74 Å². The summed E-state index contributed by atoms with van der Waals surface area (Å²) in [5, 5.41) is 3.47. The maximum Gasteiger partial charge on any atom is 0.0495 e. The van der Waals surface area contributed by atoms with Crippen molar-refractivity contribution in [3.05, 3.63) is 12.7 Å². The molecule has 1 aliphatic rings. The highest BCUT2D eigenvalue weighted by Crippen LogP contribution is 2.18. The summed E-state index contributed by atoms with van der Waals surface area (Å²) in [6.45, 7) is 9.02. The van der Waals surface area contributed by atoms with Crippen molar-refractivity contribution in [2.45, 2.75) is 32.2 Å². The number of nitrogens with one attached hydrogen (secondary N) is 1. The van der Waals surface area contributed by atoms with Crippen molar-refractivity contribution in [2.75, 3.05) is 19.8 Å². The number of ether oxygens (including phenoxy) is 1. The van der Waals surface area contributed by atoms with Gasteiger partial charge in [0.05, 0.1) is 0 Å². The smallest absolute Gasteiger partial charge is 0.0495 e. The Morgan fingerprint density at radius 1 is 1.69 bits per heavy atom. The van der Waals surface area contributed by atoms with Gasteiger partial charge in [0, 0.05) is 19.3 Å². The normalized spacial score (nSPS) is 24.5. The molecule has 0 spiro atoms. The monoisotopic (exact) mass is 183 g/mol. The van der Waals surface area contributed by atoms with E-state index in [0.717, 1.165) is 25.7 Å². The summed E-state index contributed by atoms with van der Waals surface area (Å²) in [7, 11) is 0. The van der Waals surface area contributed by atoms with Gasteiger partial charge >= 0.3 is 0 Å². The summed E-state index contributed by atoms with van der Waals surface area (Å²) in [6.07, 6.45) is 5.61. The van der Waals surface area contributed by atoms with Crippen molar-refractivity contribution in [1.29, 1.82) is 0 Å². The number of hydrogen-bond donors (Lipinski definition) is 1. The predicted octanol–water partition coefficient (Wildman–Crippen LogP) is 1.97. The zero-order valence-corrected chi connectivity index (χ0v) is 8.59. The SMILES string of the molecule is C=CC(CC1CCOC1)NCCC. The van der Waals surface area contributed by atoms with Crippen molar-refractivity contribution in [3.8, 4) is 0 Å². The van der Waals surface area contributed by atoms with Crippen LogP contribution < -0.4 is 5.32 Å². The Morgan fingerprint density at radius 3 is 3.08 bits per heavy atom. The van der Waals surface area contributed by atoms with Gasteiger partial charge in [-0.25, -0.2) is 0 Å². The quantitative estimate of drug-likeness (QED) is 0.636. The zero-order chi connectivity index (χ0) is 9.52. The second-order valence-electron chi connectivity index (χ2n) is 3.76. The third-order valence-corrected chi connectivity index (χ3v) is 2.55. The Morgan fingerprint density at radius 2 is 2.54 bits per heavy atom. The van der Waals surface area contributed by atoms with Gasteiger partial charge in [0.25, 0.3) is 0 Å². The highest BCUT2D eigenvalue weighted by atomic mass is 16.5. The standard InChI is InChI=1S/C11H21NO/c1-3-6-12-11(4-2)8-10-5-7-13-9-10/h4,10-12H,2-3,5-9H2,1H3. The van der Waals surface area contributed by atoms with Gasteiger partial charge in [-0.2, -0.15) is 0 Å². The predicted molar refractivity (Wildman–Crippen MR) is 55.8 cm³/mol. The molecule has 13 heavy (non-hydrogen) atoms. The molecule has 0 radical (unpaired) electrons. The first-order chi connectivity index (χ1) is 6.36. The fourth-order valence-corrected chi connectivity index (χ4v) is 1.72. The van der Waals surface area contributed by atoms with Gasteiger partial charge in [-0.1, -0.05) is 13.0 Å². The second kappa shape index (κ2) is 6.17. The maximum absolute atomic E-state index is 5.34. The molecule has 1 aliphatic heterocycles. The van der Waals surface area contributed by atoms with Gasteiger partial charge < -0.3 is 10.1 Å². The van der Waals surface area contributed by atoms with E-state index >= 15 is 0 Å². The molecule has 0 aromatic heterocycles. The summed E-state index contributed by atoms with van der Waals surface area (Å²) in [4.78, 5) is 0. The zero-order valence-electron chi connectivity index (χ0n) is 8.59. The average Bonchev–Trinajstić information content (AvgIpc) is 2.64. The lowest BCUT2D eigenvalue weighted by molar-refractivity contribution is 0.182. The first-order valence-corrected chi connectivity index (χ1v) is 5.30. The lowest BCUT2D eigenvalue weighted by atomic mass is 9.99. The van der Waals surface area contributed by atoms with Crippen molar-refractivity contribution in [2.24, 2.45) is 5.92 Å². The Labute approximate surface area is 81.4 Å². The van der Waals surface area contributed by atoms with Gasteiger partial charge in [-0.05, 0) is 31.7 Å². The van der Waals surface area contributed by atoms with Crippen LogP contribution in [-0.2, 0) is 4.74 Å². The van der Waals surface area contributed by atoms with Crippen LogP contribution in [0.1, 0.15) is 26.2 Å². The van der Waals surface area contributed by atoms with E-state index in [-0.39, 0.29) is 0 Å². The molecule has 1 heterocycles. The molecule has 1 N–H and O–H groups in total. The summed E-state index contributed by atoms with van der Waals surface area (Å²) < 4.78 is 5.34. The van der Waals surface area contributed by atoms with Crippen LogP contribution in [-0.4, -0.2) is 25.8 Å². The molecular formula is C11H21NO. The molecule has 1 fully saturated rings. The van der Waals surface area contributed by atoms with Crippen LogP contribution in [0.3, 0.4) is 0 Å². The molecule has 0 aromatic rings. The van der Waals surface area contributed by atoms with Crippen molar-refractivity contribution < 1.29 is 4.74 Å². The van der Waals surface area contributed by atoms with E-state index in [9.17, 15) is 0 Å². The van der Waals surface area contributed by atoms with E-state index in [1.165, 1.54) is 19.3 Å². The fraction of sp³-hybridized carbons (Fsp3) is 0.818. The molecule has 0 aromatic carbocycles. The molecule has 1 saturated heterocycles. The van der Waals surface area contributed by atoms with Gasteiger partial charge in [0.1, 0.15) is 0 Å². The minimum Gasteiger partial charge on any atom is -0.381 e. The molecular weight excluding hydrogens is 162 g/mol. The molecule has 76 valence electrons. The molecule has 1 rings (SSSR count). The first kappa shape index (κ1) is 10.7. The number of hydrogen-bond acceptors (Lipinski definition) is 2. The van der Waals surface area contributed by atoms with E-state index in [1.54, 1.807) is 0 Å². The largest absolute Gasteiger partial charge is 0.381 e. The van der Waals surface area contributed by atoms with Crippen LogP contribution in [0.4, 0.5) is 0 Å². The molecule has 2 atom stereocenters. The minimum absolute atomic E-state index is 0.478. The highest BCUT2D eigenvalue weighted by molar-refractivity contribution is 4.87. The Kier molecular flexibility index (Phi) is 5.09. The van der Waals surface area contributed by atoms with Crippen LogP contribution in [0.15, 0.2) is 12.7 Å². The lowest BCUT2D eigenvalue weighted by Crippen LogP contribution is -2.30. The van der Waals surface area contributed by atoms with E-state index < -0.39 is 0 Å². The average molecular weight is 183 g/mol. The number of rotatable bonds is 6. The van der Waals surface area contributed by atoms with Crippen molar-refractivity contribution in [3.63, 3.8) is 0 Å². The summed E-state index contributed by atoms with van der Waals surface area (Å²) in [5.74, 6) is 0.743. The summed E-state index contributed by atoms with van der Waals surface area (Å²) >= 11 is 0. The molecule has 0 saturated carbocycles. The lowest BCUT2D eigenvalue weighted by Gasteiger charge is -2.17. The summed E-state index contributed by atoms with van der Waals surface area (Å²) in [5.41, 5.74) is 0. The van der Waals surface area contributed by atoms with Crippen LogP contribution in [0.2, 0.25) is 0 Å². The van der Waals surface area contributed by atoms with Crippen LogP contribution in [0.25, 0.3) is 0 Å². The maximum atomic E-state index is 5.34. The Bertz CT molecular complexity index is 141. The van der Waals surface area contributed by atoms with E-state index in [1.807, 2.05) is 6.08 Å².